The third kappa shape index (κ3) is 5.19. The molecule has 0 aliphatic carbocycles. The van der Waals surface area contributed by atoms with Crippen LogP contribution in [0.4, 0.5) is 0 Å². The van der Waals surface area contributed by atoms with Crippen LogP contribution in [0.15, 0.2) is 56.8 Å². The van der Waals surface area contributed by atoms with Crippen LogP contribution in [0.5, 0.6) is 11.5 Å². The summed E-state index contributed by atoms with van der Waals surface area (Å²) in [7, 11) is 1.46. The van der Waals surface area contributed by atoms with Gasteiger partial charge in [-0.25, -0.2) is 9.79 Å². The molecule has 1 aliphatic heterocycles. The molecule has 4 rings (SSSR count). The van der Waals surface area contributed by atoms with Gasteiger partial charge in [-0.3, -0.25) is 14.2 Å². The van der Waals surface area contributed by atoms with Gasteiger partial charge < -0.3 is 14.2 Å². The molecule has 0 saturated carbocycles. The molecule has 0 amide bonds. The highest BCUT2D eigenvalue weighted by Crippen LogP contribution is 2.36. The predicted octanol–water partition coefficient (Wildman–Crippen LogP) is 3.43. The molecule has 0 bridgehead atoms. The van der Waals surface area contributed by atoms with Gasteiger partial charge in [-0.05, 0) is 48.1 Å². The Labute approximate surface area is 215 Å². The number of thiophene rings is 1. The molecule has 0 N–H and O–H groups in total. The summed E-state index contributed by atoms with van der Waals surface area (Å²) < 4.78 is 18.3. The van der Waals surface area contributed by atoms with E-state index in [0.29, 0.717) is 26.3 Å². The van der Waals surface area contributed by atoms with Crippen LogP contribution >= 0.6 is 22.7 Å². The topological polar surface area (TPSA) is 96.2 Å². The zero-order chi connectivity index (χ0) is 26.0. The van der Waals surface area contributed by atoms with Gasteiger partial charge in [0.25, 0.3) is 5.56 Å². The molecule has 36 heavy (non-hydrogen) atoms. The van der Waals surface area contributed by atoms with E-state index in [4.69, 9.17) is 14.2 Å². The zero-order valence-corrected chi connectivity index (χ0v) is 22.2. The van der Waals surface area contributed by atoms with Crippen molar-refractivity contribution < 1.29 is 23.8 Å². The maximum Gasteiger partial charge on any atom is 0.338 e. The largest absolute Gasteiger partial charge is 0.493 e. The van der Waals surface area contributed by atoms with Crippen LogP contribution in [0, 0.1) is 5.92 Å². The first-order valence-corrected chi connectivity index (χ1v) is 13.0. The van der Waals surface area contributed by atoms with E-state index in [-0.39, 0.29) is 29.4 Å². The fraction of sp³-hybridized carbons (Fsp3) is 0.308. The lowest BCUT2D eigenvalue weighted by Crippen LogP contribution is -2.40. The van der Waals surface area contributed by atoms with E-state index in [1.165, 1.54) is 41.3 Å². The number of esters is 2. The third-order valence-corrected chi connectivity index (χ3v) is 7.17. The fourth-order valence-electron chi connectivity index (χ4n) is 3.81. The number of hydrogen-bond donors (Lipinski definition) is 0. The number of nitrogens with zero attached hydrogens (tertiary/aromatic N) is 2. The monoisotopic (exact) mass is 526 g/mol. The maximum atomic E-state index is 13.6. The fourth-order valence-corrected chi connectivity index (χ4v) is 5.58. The van der Waals surface area contributed by atoms with Crippen molar-refractivity contribution in [1.82, 2.24) is 4.57 Å². The Morgan fingerprint density at radius 1 is 1.22 bits per heavy atom. The van der Waals surface area contributed by atoms with E-state index in [0.717, 1.165) is 4.88 Å². The number of allylic oxidation sites excluding steroid dienone is 1. The number of thiazole rings is 1. The van der Waals surface area contributed by atoms with Gasteiger partial charge in [0.1, 0.15) is 0 Å². The summed E-state index contributed by atoms with van der Waals surface area (Å²) in [5.41, 5.74) is 1.08. The molecule has 8 nitrogen and oxygen atoms in total. The number of methoxy groups -OCH3 is 1. The van der Waals surface area contributed by atoms with Crippen LogP contribution < -0.4 is 24.4 Å². The molecule has 2 aromatic heterocycles. The van der Waals surface area contributed by atoms with Gasteiger partial charge in [-0.1, -0.05) is 37.3 Å². The number of carbonyl (C=O) groups is 2. The van der Waals surface area contributed by atoms with Crippen molar-refractivity contribution in [2.24, 2.45) is 10.9 Å². The normalized spacial score (nSPS) is 15.5. The lowest BCUT2D eigenvalue weighted by Gasteiger charge is -2.25. The molecule has 0 saturated heterocycles. The molecule has 3 heterocycles. The minimum Gasteiger partial charge on any atom is -0.493 e. The van der Waals surface area contributed by atoms with E-state index < -0.39 is 18.0 Å². The Hall–Kier alpha value is -3.50. The number of fused-ring (bicyclic) bond motifs is 1. The summed E-state index contributed by atoms with van der Waals surface area (Å²) in [4.78, 5) is 44.5. The average Bonchev–Trinajstić information content (AvgIpc) is 3.44. The van der Waals surface area contributed by atoms with Gasteiger partial charge in [-0.2, -0.15) is 0 Å². The highest BCUT2D eigenvalue weighted by molar-refractivity contribution is 7.11. The van der Waals surface area contributed by atoms with Crippen molar-refractivity contribution in [2.45, 2.75) is 33.7 Å². The van der Waals surface area contributed by atoms with E-state index in [1.54, 1.807) is 25.1 Å². The quantitative estimate of drug-likeness (QED) is 0.346. The first kappa shape index (κ1) is 25.6. The first-order chi connectivity index (χ1) is 17.2. The van der Waals surface area contributed by atoms with Crippen LogP contribution in [0.3, 0.4) is 0 Å². The summed E-state index contributed by atoms with van der Waals surface area (Å²) in [6.07, 6.45) is 1.83. The van der Waals surface area contributed by atoms with Crippen LogP contribution in [0.2, 0.25) is 0 Å². The Morgan fingerprint density at radius 3 is 2.64 bits per heavy atom. The Kier molecular flexibility index (Phi) is 7.56. The van der Waals surface area contributed by atoms with E-state index in [1.807, 2.05) is 37.4 Å². The van der Waals surface area contributed by atoms with Gasteiger partial charge in [0.2, 0.25) is 0 Å². The van der Waals surface area contributed by atoms with Crippen LogP contribution in [-0.4, -0.2) is 30.2 Å². The summed E-state index contributed by atoms with van der Waals surface area (Å²) in [5, 5.41) is 1.94. The number of hydrogen-bond acceptors (Lipinski definition) is 9. The van der Waals surface area contributed by atoms with E-state index >= 15 is 0 Å². The van der Waals surface area contributed by atoms with Gasteiger partial charge in [-0.15, -0.1) is 11.3 Å². The number of ether oxygens (including phenoxy) is 3. The Bertz CT molecular complexity index is 1510. The second kappa shape index (κ2) is 10.6. The molecule has 3 aromatic rings. The van der Waals surface area contributed by atoms with Crippen LogP contribution in [-0.2, 0) is 14.3 Å². The standard InChI is InChI=1S/C26H26N2O6S2/c1-14(2)13-33-25(31)22-15(3)27-26-28(24(30)21(36-26)12-18-7-6-10-35-18)23(22)17-8-9-19(34-16(4)29)20(11-17)32-5/h6-12,14,23H,13H2,1-5H3/b21-12-/t23-/m0/s1. The minimum absolute atomic E-state index is 0.142. The molecule has 0 radical (unpaired) electrons. The number of benzene rings is 1. The zero-order valence-electron chi connectivity index (χ0n) is 20.6. The van der Waals surface area contributed by atoms with Gasteiger partial charge in [0.15, 0.2) is 16.3 Å². The SMILES string of the molecule is COc1cc([C@H]2C(C(=O)OCC(C)C)=C(C)N=c3s/c(=C\c4cccs4)c(=O)n32)ccc1OC(C)=O. The summed E-state index contributed by atoms with van der Waals surface area (Å²) in [5.74, 6) is -0.346. The van der Waals surface area contributed by atoms with Crippen molar-refractivity contribution in [2.75, 3.05) is 13.7 Å². The van der Waals surface area contributed by atoms with Crippen LogP contribution in [0.25, 0.3) is 6.08 Å². The molecule has 1 aromatic carbocycles. The van der Waals surface area contributed by atoms with Gasteiger partial charge in [0.05, 0.1) is 35.6 Å². The lowest BCUT2D eigenvalue weighted by molar-refractivity contribution is -0.140. The third-order valence-electron chi connectivity index (χ3n) is 5.36. The second-order valence-corrected chi connectivity index (χ2v) is 10.6. The predicted molar refractivity (Wildman–Crippen MR) is 138 cm³/mol. The molecule has 0 fully saturated rings. The smallest absolute Gasteiger partial charge is 0.338 e. The maximum absolute atomic E-state index is 13.6. The molecule has 10 heteroatoms. The summed E-state index contributed by atoms with van der Waals surface area (Å²) >= 11 is 2.79. The highest BCUT2D eigenvalue weighted by atomic mass is 32.1. The Morgan fingerprint density at radius 2 is 2.00 bits per heavy atom. The summed E-state index contributed by atoms with van der Waals surface area (Å²) in [6, 6.07) is 8.00. The Balaban J connectivity index is 1.92. The number of aromatic nitrogens is 1. The summed E-state index contributed by atoms with van der Waals surface area (Å²) in [6.45, 7) is 7.17. The van der Waals surface area contributed by atoms with Gasteiger partial charge >= 0.3 is 11.9 Å². The van der Waals surface area contributed by atoms with E-state index in [2.05, 4.69) is 4.99 Å². The first-order valence-electron chi connectivity index (χ1n) is 11.3. The second-order valence-electron chi connectivity index (χ2n) is 8.59. The van der Waals surface area contributed by atoms with Crippen molar-refractivity contribution in [1.29, 1.82) is 0 Å². The van der Waals surface area contributed by atoms with Crippen molar-refractivity contribution in [3.63, 3.8) is 0 Å². The minimum atomic E-state index is -0.799. The molecule has 0 spiro atoms. The number of rotatable bonds is 7. The molecular weight excluding hydrogens is 500 g/mol. The number of carbonyl (C=O) groups excluding carboxylic acids is 2. The van der Waals surface area contributed by atoms with Crippen LogP contribution in [0.1, 0.15) is 44.2 Å². The molecular formula is C26H26N2O6S2. The lowest BCUT2D eigenvalue weighted by atomic mass is 9.95. The highest BCUT2D eigenvalue weighted by Gasteiger charge is 2.34. The molecule has 1 atom stereocenters. The van der Waals surface area contributed by atoms with E-state index in [9.17, 15) is 14.4 Å². The van der Waals surface area contributed by atoms with Crippen molar-refractivity contribution >= 4 is 40.7 Å². The average molecular weight is 527 g/mol. The van der Waals surface area contributed by atoms with Crippen molar-refractivity contribution in [3.8, 4) is 11.5 Å². The van der Waals surface area contributed by atoms with Gasteiger partial charge in [0, 0.05) is 11.8 Å². The van der Waals surface area contributed by atoms with Crippen molar-refractivity contribution in [3.05, 3.63) is 77.1 Å². The molecule has 1 aliphatic rings. The molecule has 0 unspecified atom stereocenters. The molecule has 188 valence electrons.